The van der Waals surface area contributed by atoms with Crippen molar-refractivity contribution in [3.05, 3.63) is 63.6 Å². The monoisotopic (exact) mass is 496 g/mol. The lowest BCUT2D eigenvalue weighted by Gasteiger charge is -2.36. The molecule has 0 bridgehead atoms. The quantitative estimate of drug-likeness (QED) is 0.494. The van der Waals surface area contributed by atoms with Gasteiger partial charge in [0.15, 0.2) is 15.6 Å². The number of likely N-dealkylation sites (tertiary alicyclic amines) is 1. The van der Waals surface area contributed by atoms with Gasteiger partial charge in [0.25, 0.3) is 0 Å². The van der Waals surface area contributed by atoms with Crippen LogP contribution in [0, 0.1) is 5.92 Å². The minimum atomic E-state index is -3.52. The van der Waals surface area contributed by atoms with E-state index in [1.165, 1.54) is 6.92 Å². The summed E-state index contributed by atoms with van der Waals surface area (Å²) in [6.45, 7) is 4.34. The Labute approximate surface area is 200 Å². The molecule has 174 valence electrons. The van der Waals surface area contributed by atoms with Crippen LogP contribution in [0.1, 0.15) is 48.5 Å². The highest BCUT2D eigenvalue weighted by atomic mass is 35.5. The Morgan fingerprint density at radius 3 is 2.31 bits per heavy atom. The zero-order valence-corrected chi connectivity index (χ0v) is 20.6. The number of piperidine rings is 1. The van der Waals surface area contributed by atoms with Crippen molar-refractivity contribution < 1.29 is 13.2 Å². The van der Waals surface area contributed by atoms with E-state index in [0.29, 0.717) is 35.0 Å². The number of sulfone groups is 1. The Hall–Kier alpha value is -1.44. The topological polar surface area (TPSA) is 80.5 Å². The summed E-state index contributed by atoms with van der Waals surface area (Å²) in [5.41, 5.74) is 7.32. The molecule has 1 aliphatic rings. The van der Waals surface area contributed by atoms with E-state index >= 15 is 0 Å². The molecular formula is C24H30Cl2N2O3S. The Bertz CT molecular complexity index is 1030. The van der Waals surface area contributed by atoms with Crippen molar-refractivity contribution in [2.45, 2.75) is 49.3 Å². The largest absolute Gasteiger partial charge is 0.330 e. The van der Waals surface area contributed by atoms with Crippen molar-refractivity contribution in [3.63, 3.8) is 0 Å². The third-order valence-electron chi connectivity index (χ3n) is 6.23. The van der Waals surface area contributed by atoms with Gasteiger partial charge in [0.1, 0.15) is 0 Å². The molecule has 1 fully saturated rings. The molecule has 1 heterocycles. The molecule has 8 heteroatoms. The molecule has 32 heavy (non-hydrogen) atoms. The third kappa shape index (κ3) is 6.12. The third-order valence-corrected chi connectivity index (χ3v) is 9.31. The molecular weight excluding hydrogens is 467 g/mol. The maximum absolute atomic E-state index is 13.5. The molecule has 0 radical (unpaired) electrons. The fourth-order valence-electron chi connectivity index (χ4n) is 4.40. The highest BCUT2D eigenvalue weighted by Gasteiger charge is 2.36. The van der Waals surface area contributed by atoms with Gasteiger partial charge in [0.2, 0.25) is 0 Å². The predicted molar refractivity (Wildman–Crippen MR) is 130 cm³/mol. The van der Waals surface area contributed by atoms with E-state index in [1.807, 2.05) is 12.1 Å². The van der Waals surface area contributed by atoms with Crippen LogP contribution in [0.2, 0.25) is 10.0 Å². The average Bonchev–Trinajstić information content (AvgIpc) is 2.77. The van der Waals surface area contributed by atoms with Crippen molar-refractivity contribution in [2.75, 3.05) is 19.6 Å². The van der Waals surface area contributed by atoms with Crippen LogP contribution in [0.15, 0.2) is 47.4 Å². The van der Waals surface area contributed by atoms with E-state index in [-0.39, 0.29) is 16.6 Å². The number of carbonyl (C=O) groups excluding carboxylic acids is 1. The molecule has 2 aromatic rings. The van der Waals surface area contributed by atoms with Crippen molar-refractivity contribution in [1.82, 2.24) is 4.90 Å². The zero-order chi connectivity index (χ0) is 23.3. The molecule has 1 unspecified atom stereocenters. The van der Waals surface area contributed by atoms with Gasteiger partial charge in [0, 0.05) is 12.1 Å². The normalized spacial score (nSPS) is 16.8. The molecule has 0 amide bonds. The van der Waals surface area contributed by atoms with Gasteiger partial charge < -0.3 is 5.73 Å². The lowest BCUT2D eigenvalue weighted by atomic mass is 9.90. The van der Waals surface area contributed by atoms with Gasteiger partial charge in [-0.1, -0.05) is 41.4 Å². The number of ketones is 1. The number of benzene rings is 2. The molecule has 1 atom stereocenters. The number of hydrogen-bond donors (Lipinski definition) is 1. The molecule has 0 aliphatic carbocycles. The molecule has 0 spiro atoms. The standard InChI is InChI=1S/C24H30Cl2N2O3S/c1-17(29)19-5-7-21(8-6-19)32(30,31)24(3-2-12-27)20-10-13-28(14-11-20)16-18-4-9-22(25)23(26)15-18/h4-9,15,20,24H,2-3,10-14,16,27H2,1H3. The van der Waals surface area contributed by atoms with Gasteiger partial charge in [-0.05, 0) is 88.0 Å². The smallest absolute Gasteiger partial charge is 0.181 e. The molecule has 0 saturated carbocycles. The first-order valence-corrected chi connectivity index (χ1v) is 13.2. The first-order valence-electron chi connectivity index (χ1n) is 10.9. The lowest BCUT2D eigenvalue weighted by molar-refractivity contribution is 0.101. The lowest BCUT2D eigenvalue weighted by Crippen LogP contribution is -2.40. The van der Waals surface area contributed by atoms with Crippen LogP contribution in [0.25, 0.3) is 0 Å². The van der Waals surface area contributed by atoms with Crippen LogP contribution in [0.5, 0.6) is 0 Å². The summed E-state index contributed by atoms with van der Waals surface area (Å²) >= 11 is 12.1. The first-order chi connectivity index (χ1) is 15.2. The van der Waals surface area contributed by atoms with Gasteiger partial charge in [-0.25, -0.2) is 8.42 Å². The fraction of sp³-hybridized carbons (Fsp3) is 0.458. The van der Waals surface area contributed by atoms with Crippen molar-refractivity contribution in [1.29, 1.82) is 0 Å². The summed E-state index contributed by atoms with van der Waals surface area (Å²) in [5.74, 6) is -0.00735. The summed E-state index contributed by atoms with van der Waals surface area (Å²) < 4.78 is 27.0. The molecule has 2 N–H and O–H groups in total. The highest BCUT2D eigenvalue weighted by molar-refractivity contribution is 7.92. The summed E-state index contributed by atoms with van der Waals surface area (Å²) in [5, 5.41) is 0.613. The number of nitrogens with two attached hydrogens (primary N) is 1. The minimum absolute atomic E-state index is 0.0732. The van der Waals surface area contributed by atoms with Gasteiger partial charge in [-0.15, -0.1) is 0 Å². The van der Waals surface area contributed by atoms with E-state index in [1.54, 1.807) is 30.3 Å². The zero-order valence-electron chi connectivity index (χ0n) is 18.3. The van der Waals surface area contributed by atoms with E-state index < -0.39 is 15.1 Å². The number of rotatable bonds is 9. The number of hydrogen-bond acceptors (Lipinski definition) is 5. The Morgan fingerprint density at radius 1 is 1.09 bits per heavy atom. The van der Waals surface area contributed by atoms with E-state index in [9.17, 15) is 13.2 Å². The SMILES string of the molecule is CC(=O)c1ccc(S(=O)(=O)C(CCCN)C2CCN(Cc3ccc(Cl)c(Cl)c3)CC2)cc1. The van der Waals surface area contributed by atoms with Crippen LogP contribution in [-0.2, 0) is 16.4 Å². The summed E-state index contributed by atoms with van der Waals surface area (Å²) in [6, 6.07) is 12.0. The highest BCUT2D eigenvalue weighted by Crippen LogP contribution is 2.33. The number of Topliss-reactive ketones (excluding diaryl/α,β-unsaturated/α-hetero) is 1. The van der Waals surface area contributed by atoms with Crippen LogP contribution in [0.3, 0.4) is 0 Å². The molecule has 3 rings (SSSR count). The van der Waals surface area contributed by atoms with Crippen molar-refractivity contribution in [3.8, 4) is 0 Å². The average molecular weight is 497 g/mol. The molecule has 1 aliphatic heterocycles. The van der Waals surface area contributed by atoms with Crippen molar-refractivity contribution >= 4 is 38.8 Å². The van der Waals surface area contributed by atoms with Gasteiger partial charge in [0.05, 0.1) is 20.2 Å². The molecule has 2 aromatic carbocycles. The second-order valence-electron chi connectivity index (χ2n) is 8.46. The van der Waals surface area contributed by atoms with E-state index in [4.69, 9.17) is 28.9 Å². The number of carbonyl (C=O) groups is 1. The maximum Gasteiger partial charge on any atom is 0.181 e. The van der Waals surface area contributed by atoms with Crippen molar-refractivity contribution in [2.24, 2.45) is 11.7 Å². The maximum atomic E-state index is 13.5. The Kier molecular flexibility index (Phi) is 8.75. The predicted octanol–water partition coefficient (Wildman–Crippen LogP) is 4.99. The molecule has 0 aromatic heterocycles. The van der Waals surface area contributed by atoms with Crippen LogP contribution < -0.4 is 5.73 Å². The van der Waals surface area contributed by atoms with Crippen LogP contribution in [-0.4, -0.2) is 44.0 Å². The summed E-state index contributed by atoms with van der Waals surface area (Å²) in [6.07, 6.45) is 2.83. The van der Waals surface area contributed by atoms with E-state index in [2.05, 4.69) is 4.90 Å². The molecule has 1 saturated heterocycles. The number of nitrogens with zero attached hydrogens (tertiary/aromatic N) is 1. The van der Waals surface area contributed by atoms with Crippen LogP contribution >= 0.6 is 23.2 Å². The first kappa shape index (κ1) is 25.2. The van der Waals surface area contributed by atoms with Gasteiger partial charge in [-0.2, -0.15) is 0 Å². The summed E-state index contributed by atoms with van der Waals surface area (Å²) in [4.78, 5) is 14.1. The Morgan fingerprint density at radius 2 is 1.75 bits per heavy atom. The summed E-state index contributed by atoms with van der Waals surface area (Å²) in [7, 11) is -3.52. The van der Waals surface area contributed by atoms with Crippen LogP contribution in [0.4, 0.5) is 0 Å². The van der Waals surface area contributed by atoms with E-state index in [0.717, 1.165) is 38.0 Å². The Balaban J connectivity index is 1.71. The second kappa shape index (κ2) is 11.1. The number of halogens is 2. The fourth-order valence-corrected chi connectivity index (χ4v) is 6.84. The second-order valence-corrected chi connectivity index (χ2v) is 11.4. The van der Waals surface area contributed by atoms with Gasteiger partial charge in [-0.3, -0.25) is 9.69 Å². The molecule has 5 nitrogen and oxygen atoms in total. The minimum Gasteiger partial charge on any atom is -0.330 e. The van der Waals surface area contributed by atoms with Gasteiger partial charge >= 0.3 is 0 Å².